The Hall–Kier alpha value is -3.98. The quantitative estimate of drug-likeness (QED) is 0.388. The maximum atomic E-state index is 13.6. The van der Waals surface area contributed by atoms with E-state index in [0.717, 1.165) is 20.9 Å². The molecule has 9 heteroatoms. The fourth-order valence-corrected chi connectivity index (χ4v) is 4.82. The van der Waals surface area contributed by atoms with E-state index in [4.69, 9.17) is 10.5 Å². The number of nitrogens with zero attached hydrogens (tertiary/aromatic N) is 3. The summed E-state index contributed by atoms with van der Waals surface area (Å²) in [5, 5.41) is 6.82. The van der Waals surface area contributed by atoms with Crippen LogP contribution in [0.25, 0.3) is 10.8 Å². The fraction of sp³-hybridized carbons (Fsp3) is 0.231. The monoisotopic (exact) mass is 490 g/mol. The zero-order valence-corrected chi connectivity index (χ0v) is 20.3. The summed E-state index contributed by atoms with van der Waals surface area (Å²) >= 11 is 1.63. The Labute approximate surface area is 206 Å². The Morgan fingerprint density at radius 1 is 1.09 bits per heavy atom. The smallest absolute Gasteiger partial charge is 0.275 e. The number of benzene rings is 2. The van der Waals surface area contributed by atoms with Crippen LogP contribution in [-0.4, -0.2) is 39.6 Å². The van der Waals surface area contributed by atoms with Crippen LogP contribution < -0.4 is 16.0 Å². The molecule has 0 saturated heterocycles. The number of fused-ring (bicyclic) bond motifs is 1. The summed E-state index contributed by atoms with van der Waals surface area (Å²) in [7, 11) is 1.60. The molecule has 35 heavy (non-hydrogen) atoms. The van der Waals surface area contributed by atoms with E-state index >= 15 is 0 Å². The van der Waals surface area contributed by atoms with E-state index in [-0.39, 0.29) is 29.6 Å². The minimum absolute atomic E-state index is 0.0404. The average molecular weight is 491 g/mol. The van der Waals surface area contributed by atoms with Gasteiger partial charge in [0.25, 0.3) is 11.5 Å². The van der Waals surface area contributed by atoms with E-state index in [1.807, 2.05) is 48.7 Å². The lowest BCUT2D eigenvalue weighted by atomic mass is 10.1. The van der Waals surface area contributed by atoms with Crippen LogP contribution in [0.3, 0.4) is 0 Å². The molecule has 2 heterocycles. The van der Waals surface area contributed by atoms with Gasteiger partial charge in [0.15, 0.2) is 5.69 Å². The molecule has 0 aliphatic rings. The first-order chi connectivity index (χ1) is 16.9. The minimum atomic E-state index is -0.761. The molecule has 2 aromatic heterocycles. The molecule has 0 fully saturated rings. The summed E-state index contributed by atoms with van der Waals surface area (Å²) < 4.78 is 6.27. The van der Waals surface area contributed by atoms with Crippen molar-refractivity contribution in [3.63, 3.8) is 0 Å². The van der Waals surface area contributed by atoms with E-state index in [1.165, 1.54) is 0 Å². The van der Waals surface area contributed by atoms with Crippen LogP contribution in [0, 0.1) is 0 Å². The Morgan fingerprint density at radius 2 is 1.80 bits per heavy atom. The number of methoxy groups -OCH3 is 1. The van der Waals surface area contributed by atoms with Crippen LogP contribution in [0.1, 0.15) is 27.9 Å². The van der Waals surface area contributed by atoms with E-state index in [2.05, 4.69) is 5.10 Å². The number of thiophene rings is 1. The van der Waals surface area contributed by atoms with Crippen LogP contribution in [0.4, 0.5) is 0 Å². The molecule has 180 valence electrons. The number of nitrogens with two attached hydrogens (primary N) is 1. The third-order valence-corrected chi connectivity index (χ3v) is 6.73. The molecule has 0 saturated carbocycles. The first-order valence-electron chi connectivity index (χ1n) is 11.1. The van der Waals surface area contributed by atoms with Crippen LogP contribution in [0.15, 0.2) is 70.8 Å². The van der Waals surface area contributed by atoms with Gasteiger partial charge in [0.05, 0.1) is 12.5 Å². The first kappa shape index (κ1) is 24.2. The topological polar surface area (TPSA) is 108 Å². The molecule has 8 nitrogen and oxygen atoms in total. The third-order valence-electron chi connectivity index (χ3n) is 5.83. The second-order valence-corrected chi connectivity index (χ2v) is 9.26. The maximum absolute atomic E-state index is 13.6. The standard InChI is InChI=1S/C26H26N4O4S/c1-17(14-20-6-5-13-35-20)29(15-18-9-11-19(34-2)12-10-18)23(31)16-30-26(33)22-8-4-3-7-21(22)24(28-30)25(27)32/h3-13,17H,14-16H2,1-2H3,(H2,27,32). The van der Waals surface area contributed by atoms with Crippen molar-refractivity contribution in [1.82, 2.24) is 14.7 Å². The number of carbonyl (C=O) groups is 2. The lowest BCUT2D eigenvalue weighted by Crippen LogP contribution is -2.43. The number of aromatic nitrogens is 2. The van der Waals surface area contributed by atoms with Crippen molar-refractivity contribution in [2.75, 3.05) is 7.11 Å². The van der Waals surface area contributed by atoms with E-state index in [0.29, 0.717) is 18.4 Å². The molecule has 1 unspecified atom stereocenters. The summed E-state index contributed by atoms with van der Waals surface area (Å²) in [5.41, 5.74) is 5.95. The van der Waals surface area contributed by atoms with Crippen molar-refractivity contribution in [1.29, 1.82) is 0 Å². The third kappa shape index (κ3) is 5.41. The second kappa shape index (κ2) is 10.5. The first-order valence-corrected chi connectivity index (χ1v) is 12.0. The van der Waals surface area contributed by atoms with Crippen molar-refractivity contribution in [3.8, 4) is 5.75 Å². The van der Waals surface area contributed by atoms with E-state index < -0.39 is 11.5 Å². The van der Waals surface area contributed by atoms with Crippen molar-refractivity contribution in [3.05, 3.63) is 92.5 Å². The van der Waals surface area contributed by atoms with Crippen molar-refractivity contribution in [2.45, 2.75) is 32.5 Å². The highest BCUT2D eigenvalue weighted by molar-refractivity contribution is 7.09. The number of ether oxygens (including phenoxy) is 1. The van der Waals surface area contributed by atoms with E-state index in [9.17, 15) is 14.4 Å². The van der Waals surface area contributed by atoms with Crippen molar-refractivity contribution >= 4 is 33.9 Å². The van der Waals surface area contributed by atoms with Gasteiger partial charge in [-0.3, -0.25) is 14.4 Å². The minimum Gasteiger partial charge on any atom is -0.497 e. The number of hydrogen-bond acceptors (Lipinski definition) is 6. The Morgan fingerprint density at radius 3 is 2.43 bits per heavy atom. The summed E-state index contributed by atoms with van der Waals surface area (Å²) in [6.45, 7) is 2.02. The van der Waals surface area contributed by atoms with Gasteiger partial charge in [0, 0.05) is 29.3 Å². The molecule has 0 aliphatic carbocycles. The zero-order chi connectivity index (χ0) is 24.9. The normalized spacial score (nSPS) is 11.8. The van der Waals surface area contributed by atoms with Crippen molar-refractivity contribution < 1.29 is 14.3 Å². The molecular formula is C26H26N4O4S. The molecule has 4 aromatic rings. The fourth-order valence-electron chi connectivity index (χ4n) is 3.99. The van der Waals surface area contributed by atoms with Gasteiger partial charge >= 0.3 is 0 Å². The number of amides is 2. The van der Waals surface area contributed by atoms with Crippen molar-refractivity contribution in [2.24, 2.45) is 5.73 Å². The highest BCUT2D eigenvalue weighted by Crippen LogP contribution is 2.19. The Balaban J connectivity index is 1.67. The molecule has 0 aliphatic heterocycles. The predicted molar refractivity (Wildman–Crippen MR) is 136 cm³/mol. The lowest BCUT2D eigenvalue weighted by Gasteiger charge is -2.29. The van der Waals surface area contributed by atoms with Crippen LogP contribution in [-0.2, 0) is 24.3 Å². The number of primary amides is 1. The number of carbonyl (C=O) groups excluding carboxylic acids is 2. The van der Waals surface area contributed by atoms with Crippen LogP contribution in [0.5, 0.6) is 5.75 Å². The van der Waals surface area contributed by atoms with Crippen LogP contribution >= 0.6 is 11.3 Å². The van der Waals surface area contributed by atoms with Gasteiger partial charge in [0.1, 0.15) is 12.3 Å². The average Bonchev–Trinajstić information content (AvgIpc) is 3.37. The SMILES string of the molecule is COc1ccc(CN(C(=O)Cn2nc(C(N)=O)c3ccccc3c2=O)C(C)Cc2cccs2)cc1. The number of hydrogen-bond donors (Lipinski definition) is 1. The molecule has 2 amide bonds. The highest BCUT2D eigenvalue weighted by Gasteiger charge is 2.24. The van der Waals surface area contributed by atoms with Crippen LogP contribution in [0.2, 0.25) is 0 Å². The van der Waals surface area contributed by atoms with Gasteiger partial charge in [-0.15, -0.1) is 11.3 Å². The maximum Gasteiger partial charge on any atom is 0.275 e. The molecule has 2 aromatic carbocycles. The zero-order valence-electron chi connectivity index (χ0n) is 19.5. The molecule has 1 atom stereocenters. The molecular weight excluding hydrogens is 464 g/mol. The van der Waals surface area contributed by atoms with E-state index in [1.54, 1.807) is 47.6 Å². The Bertz CT molecular complexity index is 1400. The molecule has 0 spiro atoms. The van der Waals surface area contributed by atoms with Gasteiger partial charge in [-0.1, -0.05) is 36.4 Å². The van der Waals surface area contributed by atoms with Gasteiger partial charge in [-0.05, 0) is 42.1 Å². The summed E-state index contributed by atoms with van der Waals surface area (Å²) in [6.07, 6.45) is 0.673. The molecule has 0 radical (unpaired) electrons. The lowest BCUT2D eigenvalue weighted by molar-refractivity contribution is -0.134. The highest BCUT2D eigenvalue weighted by atomic mass is 32.1. The second-order valence-electron chi connectivity index (χ2n) is 8.22. The predicted octanol–water partition coefficient (Wildman–Crippen LogP) is 3.23. The van der Waals surface area contributed by atoms with Gasteiger partial charge in [-0.2, -0.15) is 5.10 Å². The summed E-state index contributed by atoms with van der Waals surface area (Å²) in [5.74, 6) is -0.321. The molecule has 2 N–H and O–H groups in total. The summed E-state index contributed by atoms with van der Waals surface area (Å²) in [4.78, 5) is 41.6. The number of rotatable bonds is 9. The molecule has 4 rings (SSSR count). The largest absolute Gasteiger partial charge is 0.497 e. The molecule has 0 bridgehead atoms. The van der Waals surface area contributed by atoms with Gasteiger partial charge in [-0.25, -0.2) is 4.68 Å². The summed E-state index contributed by atoms with van der Waals surface area (Å²) in [6, 6.07) is 18.0. The Kier molecular flexibility index (Phi) is 7.26. The van der Waals surface area contributed by atoms with Gasteiger partial charge < -0.3 is 15.4 Å². The van der Waals surface area contributed by atoms with Gasteiger partial charge in [0.2, 0.25) is 5.91 Å².